The fraction of sp³-hybridized carbons (Fsp3) is 0.700. The lowest BCUT2D eigenvalue weighted by atomic mass is 10.0. The van der Waals surface area contributed by atoms with Gasteiger partial charge in [-0.15, -0.1) is 0 Å². The maximum atomic E-state index is 5.38. The third-order valence-electron chi connectivity index (χ3n) is 4.95. The monoisotopic (exact) mass is 334 g/mol. The standard InChI is InChI=1S/C20H34N2O2/c1-5-6-11-22-12-9-18(10-13-22)21-19-8-7-16(2)14-17(19)15-20(23-3)24-4/h7-8,14,18,20-21H,5-6,9-13,15H2,1-4H3. The molecule has 4 heteroatoms. The molecule has 24 heavy (non-hydrogen) atoms. The van der Waals surface area contributed by atoms with Crippen LogP contribution in [0.4, 0.5) is 5.69 Å². The van der Waals surface area contributed by atoms with Crippen LogP contribution in [0, 0.1) is 6.92 Å². The molecule has 0 spiro atoms. The molecule has 0 amide bonds. The van der Waals surface area contributed by atoms with E-state index in [1.807, 2.05) is 0 Å². The Bertz CT molecular complexity index is 481. The van der Waals surface area contributed by atoms with Gasteiger partial charge in [0.25, 0.3) is 0 Å². The third-order valence-corrected chi connectivity index (χ3v) is 4.95. The Morgan fingerprint density at radius 3 is 2.54 bits per heavy atom. The van der Waals surface area contributed by atoms with Crippen molar-refractivity contribution in [3.63, 3.8) is 0 Å². The number of ether oxygens (including phenoxy) is 2. The van der Waals surface area contributed by atoms with Crippen LogP contribution in [0.3, 0.4) is 0 Å². The lowest BCUT2D eigenvalue weighted by Gasteiger charge is -2.33. The molecule has 1 aromatic carbocycles. The molecule has 0 aliphatic carbocycles. The summed E-state index contributed by atoms with van der Waals surface area (Å²) in [6.07, 6.45) is 5.61. The maximum absolute atomic E-state index is 5.38. The van der Waals surface area contributed by atoms with Crippen LogP contribution in [0.5, 0.6) is 0 Å². The summed E-state index contributed by atoms with van der Waals surface area (Å²) in [7, 11) is 3.40. The molecule has 1 aliphatic rings. The van der Waals surface area contributed by atoms with Crippen molar-refractivity contribution in [1.82, 2.24) is 4.90 Å². The number of benzene rings is 1. The first-order chi connectivity index (χ1) is 11.7. The average Bonchev–Trinajstić information content (AvgIpc) is 2.61. The summed E-state index contributed by atoms with van der Waals surface area (Å²) in [5.74, 6) is 0. The summed E-state index contributed by atoms with van der Waals surface area (Å²) in [5, 5.41) is 3.77. The zero-order chi connectivity index (χ0) is 17.4. The fourth-order valence-electron chi connectivity index (χ4n) is 3.38. The zero-order valence-electron chi connectivity index (χ0n) is 15.8. The van der Waals surface area contributed by atoms with Gasteiger partial charge in [0.05, 0.1) is 0 Å². The van der Waals surface area contributed by atoms with Crippen molar-refractivity contribution in [3.8, 4) is 0 Å². The molecule has 0 saturated carbocycles. The minimum Gasteiger partial charge on any atom is -0.382 e. The van der Waals surface area contributed by atoms with Crippen LogP contribution in [0.25, 0.3) is 0 Å². The van der Waals surface area contributed by atoms with E-state index in [4.69, 9.17) is 9.47 Å². The number of likely N-dealkylation sites (tertiary alicyclic amines) is 1. The number of aryl methyl sites for hydroxylation is 1. The number of piperidine rings is 1. The van der Waals surface area contributed by atoms with Crippen LogP contribution in [0.15, 0.2) is 18.2 Å². The highest BCUT2D eigenvalue weighted by molar-refractivity contribution is 5.53. The number of methoxy groups -OCH3 is 2. The smallest absolute Gasteiger partial charge is 0.160 e. The third kappa shape index (κ3) is 5.76. The predicted octanol–water partition coefficient (Wildman–Crippen LogP) is 3.83. The van der Waals surface area contributed by atoms with E-state index < -0.39 is 0 Å². The van der Waals surface area contributed by atoms with Crippen LogP contribution in [0.2, 0.25) is 0 Å². The average molecular weight is 335 g/mol. The summed E-state index contributed by atoms with van der Waals surface area (Å²) in [4.78, 5) is 2.60. The van der Waals surface area contributed by atoms with Gasteiger partial charge in [-0.05, 0) is 44.4 Å². The van der Waals surface area contributed by atoms with Gasteiger partial charge in [0.15, 0.2) is 6.29 Å². The summed E-state index contributed by atoms with van der Waals surface area (Å²) in [6, 6.07) is 7.18. The number of rotatable bonds is 9. The molecule has 4 nitrogen and oxygen atoms in total. The second-order valence-corrected chi connectivity index (χ2v) is 6.88. The van der Waals surface area contributed by atoms with Crippen molar-refractivity contribution in [1.29, 1.82) is 0 Å². The van der Waals surface area contributed by atoms with E-state index in [0.29, 0.717) is 6.04 Å². The van der Waals surface area contributed by atoms with Crippen LogP contribution in [0.1, 0.15) is 43.7 Å². The summed E-state index contributed by atoms with van der Waals surface area (Å²) < 4.78 is 10.8. The number of hydrogen-bond donors (Lipinski definition) is 1. The molecule has 2 rings (SSSR count). The van der Waals surface area contributed by atoms with Gasteiger partial charge >= 0.3 is 0 Å². The number of anilines is 1. The van der Waals surface area contributed by atoms with Gasteiger partial charge in [-0.2, -0.15) is 0 Å². The van der Waals surface area contributed by atoms with Gasteiger partial charge in [-0.1, -0.05) is 31.0 Å². The highest BCUT2D eigenvalue weighted by Crippen LogP contribution is 2.23. The summed E-state index contributed by atoms with van der Waals surface area (Å²) >= 11 is 0. The number of nitrogens with one attached hydrogen (secondary N) is 1. The maximum Gasteiger partial charge on any atom is 0.160 e. The van der Waals surface area contributed by atoms with Gasteiger partial charge in [0.2, 0.25) is 0 Å². The fourth-order valence-corrected chi connectivity index (χ4v) is 3.38. The summed E-state index contributed by atoms with van der Waals surface area (Å²) in [5.41, 5.74) is 3.78. The second-order valence-electron chi connectivity index (χ2n) is 6.88. The molecule has 1 aliphatic heterocycles. The van der Waals surface area contributed by atoms with E-state index in [1.54, 1.807) is 14.2 Å². The van der Waals surface area contributed by atoms with Crippen LogP contribution >= 0.6 is 0 Å². The van der Waals surface area contributed by atoms with Gasteiger partial charge in [0, 0.05) is 45.5 Å². The number of nitrogens with zero attached hydrogens (tertiary/aromatic N) is 1. The number of hydrogen-bond acceptors (Lipinski definition) is 4. The van der Waals surface area contributed by atoms with Gasteiger partial charge in [0.1, 0.15) is 0 Å². The van der Waals surface area contributed by atoms with E-state index in [2.05, 4.69) is 42.3 Å². The Morgan fingerprint density at radius 1 is 1.21 bits per heavy atom. The van der Waals surface area contributed by atoms with Crippen LogP contribution < -0.4 is 5.32 Å². The van der Waals surface area contributed by atoms with E-state index in [9.17, 15) is 0 Å². The Morgan fingerprint density at radius 2 is 1.92 bits per heavy atom. The highest BCUT2D eigenvalue weighted by Gasteiger charge is 2.20. The molecule has 1 aromatic rings. The molecule has 1 N–H and O–H groups in total. The van der Waals surface area contributed by atoms with E-state index >= 15 is 0 Å². The lowest BCUT2D eigenvalue weighted by molar-refractivity contribution is -0.100. The Labute approximate surface area is 147 Å². The molecule has 0 bridgehead atoms. The largest absolute Gasteiger partial charge is 0.382 e. The first-order valence-corrected chi connectivity index (χ1v) is 9.30. The van der Waals surface area contributed by atoms with Gasteiger partial charge in [-0.3, -0.25) is 0 Å². The van der Waals surface area contributed by atoms with Crippen LogP contribution in [-0.4, -0.2) is 51.1 Å². The Hall–Kier alpha value is -1.10. The van der Waals surface area contributed by atoms with Gasteiger partial charge < -0.3 is 19.7 Å². The molecule has 136 valence electrons. The van der Waals surface area contributed by atoms with E-state index in [-0.39, 0.29) is 6.29 Å². The molecule has 0 atom stereocenters. The molecular weight excluding hydrogens is 300 g/mol. The first-order valence-electron chi connectivity index (χ1n) is 9.30. The molecule has 1 fully saturated rings. The molecule has 1 saturated heterocycles. The Kier molecular flexibility index (Phi) is 8.03. The highest BCUT2D eigenvalue weighted by atomic mass is 16.7. The van der Waals surface area contributed by atoms with Crippen molar-refractivity contribution in [3.05, 3.63) is 29.3 Å². The molecule has 1 heterocycles. The van der Waals surface area contributed by atoms with E-state index in [0.717, 1.165) is 6.42 Å². The summed E-state index contributed by atoms with van der Waals surface area (Å²) in [6.45, 7) is 8.06. The normalized spacial score (nSPS) is 16.7. The first kappa shape index (κ1) is 19.2. The van der Waals surface area contributed by atoms with E-state index in [1.165, 1.54) is 62.1 Å². The quantitative estimate of drug-likeness (QED) is 0.696. The molecule has 0 unspecified atom stereocenters. The lowest BCUT2D eigenvalue weighted by Crippen LogP contribution is -2.39. The Balaban J connectivity index is 1.95. The van der Waals surface area contributed by atoms with Crippen molar-refractivity contribution < 1.29 is 9.47 Å². The predicted molar refractivity (Wildman–Crippen MR) is 101 cm³/mol. The minimum atomic E-state index is -0.191. The SMILES string of the molecule is CCCCN1CCC(Nc2ccc(C)cc2CC(OC)OC)CC1. The topological polar surface area (TPSA) is 33.7 Å². The van der Waals surface area contributed by atoms with Crippen molar-refractivity contribution in [2.45, 2.75) is 58.3 Å². The van der Waals surface area contributed by atoms with Crippen molar-refractivity contribution in [2.75, 3.05) is 39.2 Å². The zero-order valence-corrected chi connectivity index (χ0v) is 15.8. The van der Waals surface area contributed by atoms with Crippen molar-refractivity contribution >= 4 is 5.69 Å². The molecular formula is C20H34N2O2. The second kappa shape index (κ2) is 10.0. The van der Waals surface area contributed by atoms with Crippen molar-refractivity contribution in [2.24, 2.45) is 0 Å². The number of unbranched alkanes of at least 4 members (excludes halogenated alkanes) is 1. The van der Waals surface area contributed by atoms with Gasteiger partial charge in [-0.25, -0.2) is 0 Å². The van der Waals surface area contributed by atoms with Crippen LogP contribution in [-0.2, 0) is 15.9 Å². The molecule has 0 radical (unpaired) electrons. The molecule has 0 aromatic heterocycles. The minimum absolute atomic E-state index is 0.191.